The molecule has 1 heterocycles. The van der Waals surface area contributed by atoms with Crippen molar-refractivity contribution in [3.8, 4) is 5.75 Å². The van der Waals surface area contributed by atoms with Gasteiger partial charge in [0.2, 0.25) is 0 Å². The molecular weight excluding hydrogens is 250 g/mol. The minimum atomic E-state index is -0.122. The molecule has 0 atom stereocenters. The normalized spacial score (nSPS) is 21.9. The maximum atomic E-state index is 9.87. The van der Waals surface area contributed by atoms with Crippen molar-refractivity contribution in [3.63, 3.8) is 0 Å². The van der Waals surface area contributed by atoms with E-state index in [0.717, 1.165) is 30.8 Å². The van der Waals surface area contributed by atoms with Crippen LogP contribution in [0.2, 0.25) is 0 Å². The second-order valence-corrected chi connectivity index (χ2v) is 7.34. The van der Waals surface area contributed by atoms with Crippen LogP contribution in [0.15, 0.2) is 12.1 Å². The molecule has 0 saturated carbocycles. The lowest BCUT2D eigenvalue weighted by Gasteiger charge is -2.47. The van der Waals surface area contributed by atoms with Crippen molar-refractivity contribution in [1.82, 2.24) is 4.90 Å². The van der Waals surface area contributed by atoms with Crippen LogP contribution >= 0.6 is 0 Å². The number of hydrogen-bond donors (Lipinski definition) is 1. The number of morpholine rings is 1. The fraction of sp³-hybridized carbons (Fsp3) is 0.647. The molecule has 0 aliphatic carbocycles. The number of phenols is 1. The fourth-order valence-electron chi connectivity index (χ4n) is 3.45. The Bertz CT molecular complexity index is 467. The SMILES string of the molecule is Cc1cc(CN2CC(C)(C)OC(C)(C)C2)cc(C)c1O. The lowest BCUT2D eigenvalue weighted by atomic mass is 9.97. The van der Waals surface area contributed by atoms with Crippen LogP contribution in [0.1, 0.15) is 44.4 Å². The highest BCUT2D eigenvalue weighted by Gasteiger charge is 2.37. The highest BCUT2D eigenvalue weighted by Crippen LogP contribution is 2.30. The number of ether oxygens (including phenoxy) is 1. The van der Waals surface area contributed by atoms with Crippen molar-refractivity contribution in [3.05, 3.63) is 28.8 Å². The number of rotatable bonds is 2. The van der Waals surface area contributed by atoms with E-state index in [2.05, 4.69) is 44.7 Å². The Hall–Kier alpha value is -1.06. The Morgan fingerprint density at radius 3 is 1.95 bits per heavy atom. The fourth-order valence-corrected chi connectivity index (χ4v) is 3.45. The highest BCUT2D eigenvalue weighted by atomic mass is 16.5. The topological polar surface area (TPSA) is 32.7 Å². The number of aromatic hydroxyl groups is 1. The summed E-state index contributed by atoms with van der Waals surface area (Å²) in [6.45, 7) is 15.3. The van der Waals surface area contributed by atoms with Crippen molar-refractivity contribution >= 4 is 0 Å². The molecule has 1 aliphatic rings. The molecule has 20 heavy (non-hydrogen) atoms. The molecule has 112 valence electrons. The van der Waals surface area contributed by atoms with Gasteiger partial charge in [-0.3, -0.25) is 4.90 Å². The number of nitrogens with zero attached hydrogens (tertiary/aromatic N) is 1. The van der Waals surface area contributed by atoms with Gasteiger partial charge in [0.05, 0.1) is 11.2 Å². The third kappa shape index (κ3) is 3.53. The number of phenolic OH excluding ortho intramolecular Hbond substituents is 1. The Morgan fingerprint density at radius 1 is 1.05 bits per heavy atom. The van der Waals surface area contributed by atoms with Gasteiger partial charge >= 0.3 is 0 Å². The van der Waals surface area contributed by atoms with Crippen LogP contribution in [0, 0.1) is 13.8 Å². The van der Waals surface area contributed by atoms with Crippen molar-refractivity contribution in [2.75, 3.05) is 13.1 Å². The lowest BCUT2D eigenvalue weighted by molar-refractivity contribution is -0.182. The zero-order valence-electron chi connectivity index (χ0n) is 13.6. The smallest absolute Gasteiger partial charge is 0.121 e. The van der Waals surface area contributed by atoms with Crippen molar-refractivity contribution in [2.24, 2.45) is 0 Å². The predicted octanol–water partition coefficient (Wildman–Crippen LogP) is 3.40. The van der Waals surface area contributed by atoms with Gasteiger partial charge in [0.1, 0.15) is 5.75 Å². The minimum absolute atomic E-state index is 0.122. The Balaban J connectivity index is 2.17. The van der Waals surface area contributed by atoms with Gasteiger partial charge in [-0.05, 0) is 58.2 Å². The van der Waals surface area contributed by atoms with Gasteiger partial charge in [0.15, 0.2) is 0 Å². The van der Waals surface area contributed by atoms with Crippen LogP contribution in [0.5, 0.6) is 5.75 Å². The Kier molecular flexibility index (Phi) is 3.87. The summed E-state index contributed by atoms with van der Waals surface area (Å²) in [5.74, 6) is 0.413. The molecule has 0 bridgehead atoms. The summed E-state index contributed by atoms with van der Waals surface area (Å²) < 4.78 is 6.11. The molecule has 0 spiro atoms. The van der Waals surface area contributed by atoms with Gasteiger partial charge in [-0.15, -0.1) is 0 Å². The molecule has 1 aliphatic heterocycles. The minimum Gasteiger partial charge on any atom is -0.507 e. The van der Waals surface area contributed by atoms with E-state index in [1.54, 1.807) is 0 Å². The molecule has 0 radical (unpaired) electrons. The first-order valence-electron chi connectivity index (χ1n) is 7.30. The highest BCUT2D eigenvalue weighted by molar-refractivity contribution is 5.42. The summed E-state index contributed by atoms with van der Waals surface area (Å²) in [5, 5.41) is 9.87. The monoisotopic (exact) mass is 277 g/mol. The first-order valence-corrected chi connectivity index (χ1v) is 7.30. The van der Waals surface area contributed by atoms with Crippen LogP contribution in [-0.2, 0) is 11.3 Å². The quantitative estimate of drug-likeness (QED) is 0.899. The van der Waals surface area contributed by atoms with Crippen molar-refractivity contribution in [2.45, 2.75) is 59.3 Å². The molecule has 3 heteroatoms. The first-order chi connectivity index (χ1) is 9.08. The average molecular weight is 277 g/mol. The molecule has 0 unspecified atom stereocenters. The van der Waals surface area contributed by atoms with E-state index in [-0.39, 0.29) is 11.2 Å². The van der Waals surface area contributed by atoms with Crippen molar-refractivity contribution in [1.29, 1.82) is 0 Å². The molecule has 2 rings (SSSR count). The molecule has 1 N–H and O–H groups in total. The summed E-state index contributed by atoms with van der Waals surface area (Å²) in [5.41, 5.74) is 2.91. The van der Waals surface area contributed by atoms with Gasteiger partial charge in [-0.1, -0.05) is 12.1 Å². The maximum Gasteiger partial charge on any atom is 0.121 e. The molecule has 1 fully saturated rings. The summed E-state index contributed by atoms with van der Waals surface area (Å²) in [4.78, 5) is 2.44. The van der Waals surface area contributed by atoms with Crippen LogP contribution < -0.4 is 0 Å². The summed E-state index contributed by atoms with van der Waals surface area (Å²) in [6, 6.07) is 4.16. The van der Waals surface area contributed by atoms with E-state index < -0.39 is 0 Å². The second-order valence-electron chi connectivity index (χ2n) is 7.34. The van der Waals surface area contributed by atoms with Crippen LogP contribution in [-0.4, -0.2) is 34.3 Å². The second kappa shape index (κ2) is 5.05. The van der Waals surface area contributed by atoms with E-state index in [4.69, 9.17) is 4.74 Å². The summed E-state index contributed by atoms with van der Waals surface area (Å²) >= 11 is 0. The number of benzene rings is 1. The number of hydrogen-bond acceptors (Lipinski definition) is 3. The largest absolute Gasteiger partial charge is 0.507 e. The van der Waals surface area contributed by atoms with Gasteiger partial charge in [-0.2, -0.15) is 0 Å². The van der Waals surface area contributed by atoms with E-state index in [0.29, 0.717) is 5.75 Å². The summed E-state index contributed by atoms with van der Waals surface area (Å²) in [6.07, 6.45) is 0. The van der Waals surface area contributed by atoms with Gasteiger partial charge in [-0.25, -0.2) is 0 Å². The molecule has 1 aromatic carbocycles. The number of aryl methyl sites for hydroxylation is 2. The third-order valence-corrected chi connectivity index (χ3v) is 3.72. The molecule has 0 amide bonds. The third-order valence-electron chi connectivity index (χ3n) is 3.72. The first kappa shape index (κ1) is 15.3. The molecule has 1 aromatic rings. The Labute approximate surface area is 122 Å². The van der Waals surface area contributed by atoms with Gasteiger partial charge < -0.3 is 9.84 Å². The van der Waals surface area contributed by atoms with E-state index in [1.165, 1.54) is 5.56 Å². The van der Waals surface area contributed by atoms with E-state index in [1.807, 2.05) is 13.8 Å². The zero-order chi connectivity index (χ0) is 15.1. The average Bonchev–Trinajstić information content (AvgIpc) is 2.21. The van der Waals surface area contributed by atoms with Gasteiger partial charge in [0, 0.05) is 19.6 Å². The van der Waals surface area contributed by atoms with Crippen LogP contribution in [0.4, 0.5) is 0 Å². The van der Waals surface area contributed by atoms with Crippen LogP contribution in [0.3, 0.4) is 0 Å². The molecule has 1 saturated heterocycles. The molecular formula is C17H27NO2. The standard InChI is InChI=1S/C17H27NO2/c1-12-7-14(8-13(2)15(12)19)9-18-10-16(3,4)20-17(5,6)11-18/h7-8,19H,9-11H2,1-6H3. The molecule has 3 nitrogen and oxygen atoms in total. The van der Waals surface area contributed by atoms with Crippen molar-refractivity contribution < 1.29 is 9.84 Å². The van der Waals surface area contributed by atoms with Crippen LogP contribution in [0.25, 0.3) is 0 Å². The van der Waals surface area contributed by atoms with Gasteiger partial charge in [0.25, 0.3) is 0 Å². The lowest BCUT2D eigenvalue weighted by Crippen LogP contribution is -2.56. The zero-order valence-corrected chi connectivity index (χ0v) is 13.6. The maximum absolute atomic E-state index is 9.87. The molecule has 0 aromatic heterocycles. The van der Waals surface area contributed by atoms with E-state index in [9.17, 15) is 5.11 Å². The summed E-state index contributed by atoms with van der Waals surface area (Å²) in [7, 11) is 0. The predicted molar refractivity (Wildman–Crippen MR) is 82.1 cm³/mol. The van der Waals surface area contributed by atoms with E-state index >= 15 is 0 Å². The Morgan fingerprint density at radius 2 is 1.50 bits per heavy atom.